The Balaban J connectivity index is 0.00000338. The third-order valence-electron chi connectivity index (χ3n) is 4.06. The van der Waals surface area contributed by atoms with Crippen molar-refractivity contribution >= 4 is 41.8 Å². The molecule has 1 fully saturated rings. The predicted octanol–water partition coefficient (Wildman–Crippen LogP) is 1.48. The van der Waals surface area contributed by atoms with Gasteiger partial charge in [-0.05, 0) is 31.9 Å². The summed E-state index contributed by atoms with van der Waals surface area (Å²) in [6.45, 7) is 4.76. The van der Waals surface area contributed by atoms with Crippen molar-refractivity contribution in [2.75, 3.05) is 39.8 Å². The van der Waals surface area contributed by atoms with Crippen LogP contribution in [0.5, 0.6) is 0 Å². The number of halogens is 1. The van der Waals surface area contributed by atoms with E-state index in [4.69, 9.17) is 9.15 Å². The lowest BCUT2D eigenvalue weighted by molar-refractivity contribution is -0.149. The quantitative estimate of drug-likeness (QED) is 0.212. The standard InChI is InChI=1S/C17H26N4O4.HI/c1-3-24-16(23)13-6-10-21(11-7-13)17(18-2)20-9-8-19-15(22)14-5-4-12-25-14;/h4-5,12-13H,3,6-11H2,1-2H3,(H,18,20)(H,19,22);1H. The Bertz CT molecular complexity index is 584. The number of hydrogen-bond donors (Lipinski definition) is 2. The van der Waals surface area contributed by atoms with Gasteiger partial charge in [0.15, 0.2) is 11.7 Å². The largest absolute Gasteiger partial charge is 0.466 e. The van der Waals surface area contributed by atoms with Crippen LogP contribution in [0.15, 0.2) is 27.8 Å². The summed E-state index contributed by atoms with van der Waals surface area (Å²) in [7, 11) is 1.72. The first kappa shape index (κ1) is 22.3. The summed E-state index contributed by atoms with van der Waals surface area (Å²) in [5.74, 6) is 0.699. The molecular formula is C17H27IN4O4. The number of piperidine rings is 1. The summed E-state index contributed by atoms with van der Waals surface area (Å²) < 4.78 is 10.1. The van der Waals surface area contributed by atoms with E-state index in [0.717, 1.165) is 31.9 Å². The number of carbonyl (C=O) groups is 2. The van der Waals surface area contributed by atoms with Crippen molar-refractivity contribution in [3.05, 3.63) is 24.2 Å². The Labute approximate surface area is 170 Å². The zero-order chi connectivity index (χ0) is 18.1. The fraction of sp³-hybridized carbons (Fsp3) is 0.588. The van der Waals surface area contributed by atoms with Crippen molar-refractivity contribution in [2.45, 2.75) is 19.8 Å². The van der Waals surface area contributed by atoms with Gasteiger partial charge < -0.3 is 24.7 Å². The molecule has 0 aliphatic carbocycles. The molecule has 8 nitrogen and oxygen atoms in total. The number of hydrogen-bond acceptors (Lipinski definition) is 5. The van der Waals surface area contributed by atoms with E-state index in [1.54, 1.807) is 19.2 Å². The van der Waals surface area contributed by atoms with Gasteiger partial charge in [-0.3, -0.25) is 14.6 Å². The molecule has 0 aromatic carbocycles. The molecule has 0 radical (unpaired) electrons. The van der Waals surface area contributed by atoms with Crippen LogP contribution < -0.4 is 10.6 Å². The Morgan fingerprint density at radius 2 is 2.00 bits per heavy atom. The van der Waals surface area contributed by atoms with Crippen LogP contribution in [0.3, 0.4) is 0 Å². The maximum Gasteiger partial charge on any atom is 0.309 e. The van der Waals surface area contributed by atoms with E-state index in [0.29, 0.717) is 25.5 Å². The van der Waals surface area contributed by atoms with Crippen LogP contribution in [-0.2, 0) is 9.53 Å². The molecule has 1 aromatic rings. The molecule has 146 valence electrons. The number of nitrogens with one attached hydrogen (secondary N) is 2. The van der Waals surface area contributed by atoms with Gasteiger partial charge in [0, 0.05) is 33.2 Å². The molecule has 0 atom stereocenters. The highest BCUT2D eigenvalue weighted by Gasteiger charge is 2.27. The molecular weight excluding hydrogens is 451 g/mol. The second-order valence-electron chi connectivity index (χ2n) is 5.72. The Kier molecular flexibility index (Phi) is 10.1. The number of esters is 1. The van der Waals surface area contributed by atoms with Gasteiger partial charge in [0.1, 0.15) is 0 Å². The highest BCUT2D eigenvalue weighted by Crippen LogP contribution is 2.18. The van der Waals surface area contributed by atoms with Crippen LogP contribution in [0, 0.1) is 5.92 Å². The third-order valence-corrected chi connectivity index (χ3v) is 4.06. The molecule has 0 spiro atoms. The Morgan fingerprint density at radius 3 is 2.58 bits per heavy atom. The SMILES string of the molecule is CCOC(=O)C1CCN(C(=NC)NCCNC(=O)c2ccco2)CC1.I. The van der Waals surface area contributed by atoms with E-state index in [9.17, 15) is 9.59 Å². The highest BCUT2D eigenvalue weighted by atomic mass is 127. The van der Waals surface area contributed by atoms with Crippen LogP contribution in [0.1, 0.15) is 30.3 Å². The average Bonchev–Trinajstić information content (AvgIpc) is 3.17. The maximum absolute atomic E-state index is 11.8. The van der Waals surface area contributed by atoms with Crippen LogP contribution in [-0.4, -0.2) is 62.6 Å². The van der Waals surface area contributed by atoms with Gasteiger partial charge >= 0.3 is 5.97 Å². The van der Waals surface area contributed by atoms with Crippen LogP contribution >= 0.6 is 24.0 Å². The van der Waals surface area contributed by atoms with E-state index in [-0.39, 0.29) is 41.8 Å². The summed E-state index contributed by atoms with van der Waals surface area (Å²) in [5.41, 5.74) is 0. The molecule has 0 bridgehead atoms. The summed E-state index contributed by atoms with van der Waals surface area (Å²) in [4.78, 5) is 29.9. The lowest BCUT2D eigenvalue weighted by atomic mass is 9.97. The minimum absolute atomic E-state index is 0. The molecule has 2 heterocycles. The van der Waals surface area contributed by atoms with Crippen molar-refractivity contribution in [3.8, 4) is 0 Å². The van der Waals surface area contributed by atoms with E-state index < -0.39 is 0 Å². The van der Waals surface area contributed by atoms with Crippen molar-refractivity contribution < 1.29 is 18.7 Å². The summed E-state index contributed by atoms with van der Waals surface area (Å²) in [6.07, 6.45) is 2.98. The first-order valence-electron chi connectivity index (χ1n) is 8.59. The molecule has 1 aromatic heterocycles. The minimum Gasteiger partial charge on any atom is -0.466 e. The van der Waals surface area contributed by atoms with Gasteiger partial charge in [-0.1, -0.05) is 0 Å². The van der Waals surface area contributed by atoms with Crippen molar-refractivity contribution in [2.24, 2.45) is 10.9 Å². The number of rotatable bonds is 6. The maximum atomic E-state index is 11.8. The van der Waals surface area contributed by atoms with E-state index in [1.165, 1.54) is 6.26 Å². The smallest absolute Gasteiger partial charge is 0.309 e. The van der Waals surface area contributed by atoms with Crippen molar-refractivity contribution in [1.82, 2.24) is 15.5 Å². The third kappa shape index (κ3) is 6.50. The zero-order valence-corrected chi connectivity index (χ0v) is 17.5. The first-order chi connectivity index (χ1) is 12.2. The van der Waals surface area contributed by atoms with Crippen LogP contribution in [0.2, 0.25) is 0 Å². The second-order valence-corrected chi connectivity index (χ2v) is 5.72. The number of aliphatic imine (C=N–C) groups is 1. The molecule has 2 rings (SSSR count). The van der Waals surface area contributed by atoms with Crippen molar-refractivity contribution in [1.29, 1.82) is 0 Å². The van der Waals surface area contributed by atoms with Gasteiger partial charge in [0.05, 0.1) is 18.8 Å². The fourth-order valence-electron chi connectivity index (χ4n) is 2.76. The number of ether oxygens (including phenoxy) is 1. The second kappa shape index (κ2) is 11.8. The van der Waals surface area contributed by atoms with Crippen LogP contribution in [0.4, 0.5) is 0 Å². The summed E-state index contributed by atoms with van der Waals surface area (Å²) in [5, 5.41) is 6.00. The topological polar surface area (TPSA) is 96.2 Å². The van der Waals surface area contributed by atoms with Gasteiger partial charge in [0.2, 0.25) is 0 Å². The van der Waals surface area contributed by atoms with Crippen LogP contribution in [0.25, 0.3) is 0 Å². The highest BCUT2D eigenvalue weighted by molar-refractivity contribution is 14.0. The molecule has 1 saturated heterocycles. The summed E-state index contributed by atoms with van der Waals surface area (Å²) >= 11 is 0. The average molecular weight is 478 g/mol. The van der Waals surface area contributed by atoms with E-state index in [1.807, 2.05) is 6.92 Å². The molecule has 1 aliphatic heterocycles. The number of furan rings is 1. The van der Waals surface area contributed by atoms with E-state index in [2.05, 4.69) is 20.5 Å². The number of amides is 1. The molecule has 1 amide bonds. The monoisotopic (exact) mass is 478 g/mol. The lowest BCUT2D eigenvalue weighted by Gasteiger charge is -2.33. The normalized spacial score (nSPS) is 15.2. The first-order valence-corrected chi connectivity index (χ1v) is 8.59. The number of carbonyl (C=O) groups excluding carboxylic acids is 2. The Morgan fingerprint density at radius 1 is 1.31 bits per heavy atom. The summed E-state index contributed by atoms with van der Waals surface area (Å²) in [6, 6.07) is 3.30. The lowest BCUT2D eigenvalue weighted by Crippen LogP contribution is -2.48. The zero-order valence-electron chi connectivity index (χ0n) is 15.2. The minimum atomic E-state index is -0.239. The number of likely N-dealkylation sites (tertiary alicyclic amines) is 1. The fourth-order valence-corrected chi connectivity index (χ4v) is 2.76. The number of nitrogens with zero attached hydrogens (tertiary/aromatic N) is 2. The molecule has 9 heteroatoms. The molecule has 2 N–H and O–H groups in total. The number of guanidine groups is 1. The van der Waals surface area contributed by atoms with E-state index >= 15 is 0 Å². The van der Waals surface area contributed by atoms with Crippen molar-refractivity contribution in [3.63, 3.8) is 0 Å². The Hall–Kier alpha value is -1.78. The molecule has 0 unspecified atom stereocenters. The van der Waals surface area contributed by atoms with Gasteiger partial charge in [-0.15, -0.1) is 24.0 Å². The predicted molar refractivity (Wildman–Crippen MR) is 109 cm³/mol. The van der Waals surface area contributed by atoms with Gasteiger partial charge in [-0.2, -0.15) is 0 Å². The molecule has 26 heavy (non-hydrogen) atoms. The van der Waals surface area contributed by atoms with Gasteiger partial charge in [0.25, 0.3) is 5.91 Å². The molecule has 1 aliphatic rings. The van der Waals surface area contributed by atoms with Gasteiger partial charge in [-0.25, -0.2) is 0 Å². The molecule has 0 saturated carbocycles.